The molecule has 4 fully saturated rings. The van der Waals surface area contributed by atoms with E-state index in [4.69, 9.17) is 4.74 Å². The SMILES string of the molecule is Cc1cccc(C(=O)NCC(=O)OCC(=O)NCC23CC4CC(CC(C4)C2)C3)c1. The highest BCUT2D eigenvalue weighted by Gasteiger charge is 2.50. The molecular formula is C23H30N2O4. The van der Waals surface area contributed by atoms with Crippen molar-refractivity contribution in [2.75, 3.05) is 19.7 Å². The first-order valence-corrected chi connectivity index (χ1v) is 10.7. The molecule has 1 aromatic carbocycles. The standard InChI is InChI=1S/C23H30N2O4/c1-15-3-2-4-19(5-15)22(28)24-12-21(27)29-13-20(26)25-14-23-9-16-6-17(10-23)8-18(7-16)11-23/h2-5,16-18H,6-14H2,1H3,(H,24,28)(H,25,26). The Morgan fingerprint density at radius 2 is 1.69 bits per heavy atom. The van der Waals surface area contributed by atoms with Crippen molar-refractivity contribution in [3.05, 3.63) is 35.4 Å². The van der Waals surface area contributed by atoms with Gasteiger partial charge in [-0.2, -0.15) is 0 Å². The Morgan fingerprint density at radius 3 is 2.31 bits per heavy atom. The molecule has 0 saturated heterocycles. The highest BCUT2D eigenvalue weighted by atomic mass is 16.5. The van der Waals surface area contributed by atoms with E-state index in [1.165, 1.54) is 38.5 Å². The van der Waals surface area contributed by atoms with Crippen molar-refractivity contribution in [2.45, 2.75) is 45.4 Å². The number of hydrogen-bond donors (Lipinski definition) is 2. The molecule has 4 saturated carbocycles. The minimum atomic E-state index is -0.615. The molecule has 4 bridgehead atoms. The molecule has 5 rings (SSSR count). The Bertz CT molecular complexity index is 769. The Labute approximate surface area is 171 Å². The lowest BCUT2D eigenvalue weighted by Gasteiger charge is -2.56. The van der Waals surface area contributed by atoms with Crippen molar-refractivity contribution in [1.29, 1.82) is 0 Å². The van der Waals surface area contributed by atoms with Gasteiger partial charge in [-0.1, -0.05) is 17.7 Å². The molecule has 0 radical (unpaired) electrons. The van der Waals surface area contributed by atoms with Crippen LogP contribution >= 0.6 is 0 Å². The first kappa shape index (κ1) is 19.9. The Hall–Kier alpha value is -2.37. The van der Waals surface area contributed by atoms with Gasteiger partial charge in [0.15, 0.2) is 6.61 Å². The van der Waals surface area contributed by atoms with Crippen molar-refractivity contribution in [2.24, 2.45) is 23.2 Å². The van der Waals surface area contributed by atoms with Crippen LogP contribution in [0.5, 0.6) is 0 Å². The maximum Gasteiger partial charge on any atom is 0.325 e. The first-order chi connectivity index (χ1) is 13.9. The third kappa shape index (κ3) is 4.80. The van der Waals surface area contributed by atoms with Crippen LogP contribution in [0, 0.1) is 30.1 Å². The lowest BCUT2D eigenvalue weighted by Crippen LogP contribution is -2.51. The Balaban J connectivity index is 1.16. The number of carbonyl (C=O) groups is 3. The van der Waals surface area contributed by atoms with Crippen LogP contribution in [0.4, 0.5) is 0 Å². The largest absolute Gasteiger partial charge is 0.454 e. The monoisotopic (exact) mass is 398 g/mol. The van der Waals surface area contributed by atoms with E-state index < -0.39 is 5.97 Å². The maximum atomic E-state index is 12.2. The van der Waals surface area contributed by atoms with Crippen molar-refractivity contribution >= 4 is 17.8 Å². The van der Waals surface area contributed by atoms with Crippen molar-refractivity contribution < 1.29 is 19.1 Å². The van der Waals surface area contributed by atoms with Gasteiger partial charge in [-0.05, 0) is 80.8 Å². The second kappa shape index (κ2) is 8.17. The van der Waals surface area contributed by atoms with E-state index in [1.807, 2.05) is 13.0 Å². The second-order valence-electron chi connectivity index (χ2n) is 9.41. The highest BCUT2D eigenvalue weighted by molar-refractivity contribution is 5.96. The normalized spacial score (nSPS) is 29.3. The number of esters is 1. The number of carbonyl (C=O) groups excluding carboxylic acids is 3. The fourth-order valence-electron chi connectivity index (χ4n) is 6.08. The highest BCUT2D eigenvalue weighted by Crippen LogP contribution is 2.59. The van der Waals surface area contributed by atoms with E-state index in [0.717, 1.165) is 23.3 Å². The summed E-state index contributed by atoms with van der Waals surface area (Å²) in [5.41, 5.74) is 1.72. The summed E-state index contributed by atoms with van der Waals surface area (Å²) in [6.45, 7) is 2.03. The average molecular weight is 399 g/mol. The molecule has 0 aromatic heterocycles. The molecule has 6 heteroatoms. The van der Waals surface area contributed by atoms with Gasteiger partial charge < -0.3 is 15.4 Å². The molecule has 4 aliphatic carbocycles. The second-order valence-corrected chi connectivity index (χ2v) is 9.41. The van der Waals surface area contributed by atoms with Crippen LogP contribution in [0.25, 0.3) is 0 Å². The van der Waals surface area contributed by atoms with Crippen LogP contribution in [0.1, 0.15) is 54.4 Å². The van der Waals surface area contributed by atoms with Gasteiger partial charge in [0.1, 0.15) is 6.54 Å². The first-order valence-electron chi connectivity index (χ1n) is 10.7. The van der Waals surface area contributed by atoms with Gasteiger partial charge in [-0.25, -0.2) is 0 Å². The smallest absolute Gasteiger partial charge is 0.325 e. The molecule has 4 aliphatic rings. The molecule has 0 spiro atoms. The summed E-state index contributed by atoms with van der Waals surface area (Å²) >= 11 is 0. The number of benzene rings is 1. The predicted octanol–water partition coefficient (Wildman–Crippen LogP) is 2.60. The molecule has 2 amide bonds. The van der Waals surface area contributed by atoms with Gasteiger partial charge in [0.05, 0.1) is 0 Å². The van der Waals surface area contributed by atoms with Crippen molar-refractivity contribution in [1.82, 2.24) is 10.6 Å². The molecule has 0 unspecified atom stereocenters. The number of hydrogen-bond acceptors (Lipinski definition) is 4. The molecule has 0 atom stereocenters. The van der Waals surface area contributed by atoms with Crippen LogP contribution < -0.4 is 10.6 Å². The summed E-state index contributed by atoms with van der Waals surface area (Å²) in [5.74, 6) is 1.31. The molecule has 0 heterocycles. The lowest BCUT2D eigenvalue weighted by atomic mass is 9.49. The summed E-state index contributed by atoms with van der Waals surface area (Å²) in [5, 5.41) is 5.51. The van der Waals surface area contributed by atoms with E-state index in [-0.39, 0.29) is 30.4 Å². The van der Waals surface area contributed by atoms with Crippen LogP contribution in [0.3, 0.4) is 0 Å². The Morgan fingerprint density at radius 1 is 1.03 bits per heavy atom. The molecular weight excluding hydrogens is 368 g/mol. The van der Waals surface area contributed by atoms with Crippen LogP contribution in [0.2, 0.25) is 0 Å². The number of aryl methyl sites for hydroxylation is 1. The van der Waals surface area contributed by atoms with Gasteiger partial charge in [0.25, 0.3) is 11.8 Å². The lowest BCUT2D eigenvalue weighted by molar-refractivity contribution is -0.147. The molecule has 0 aliphatic heterocycles. The summed E-state index contributed by atoms with van der Waals surface area (Å²) < 4.78 is 5.02. The maximum absolute atomic E-state index is 12.2. The number of ether oxygens (including phenoxy) is 1. The van der Waals surface area contributed by atoms with Crippen LogP contribution in [-0.4, -0.2) is 37.5 Å². The molecule has 29 heavy (non-hydrogen) atoms. The van der Waals surface area contributed by atoms with Crippen LogP contribution in [-0.2, 0) is 14.3 Å². The summed E-state index contributed by atoms with van der Waals surface area (Å²) in [6, 6.07) is 7.12. The van der Waals surface area contributed by atoms with Gasteiger partial charge in [-0.15, -0.1) is 0 Å². The zero-order chi connectivity index (χ0) is 20.4. The van der Waals surface area contributed by atoms with E-state index in [0.29, 0.717) is 12.1 Å². The van der Waals surface area contributed by atoms with Crippen molar-refractivity contribution in [3.8, 4) is 0 Å². The molecule has 1 aromatic rings. The Kier molecular flexibility index (Phi) is 5.61. The van der Waals surface area contributed by atoms with Crippen molar-refractivity contribution in [3.63, 3.8) is 0 Å². The average Bonchev–Trinajstić information content (AvgIpc) is 2.68. The molecule has 2 N–H and O–H groups in total. The molecule has 156 valence electrons. The van der Waals surface area contributed by atoms with Gasteiger partial charge in [-0.3, -0.25) is 14.4 Å². The van der Waals surface area contributed by atoms with Gasteiger partial charge in [0, 0.05) is 12.1 Å². The van der Waals surface area contributed by atoms with Gasteiger partial charge in [0.2, 0.25) is 0 Å². The number of amides is 2. The van der Waals surface area contributed by atoms with E-state index in [2.05, 4.69) is 10.6 Å². The third-order valence-electron chi connectivity index (χ3n) is 6.86. The zero-order valence-corrected chi connectivity index (χ0v) is 17.0. The summed E-state index contributed by atoms with van der Waals surface area (Å²) in [7, 11) is 0. The van der Waals surface area contributed by atoms with E-state index in [9.17, 15) is 14.4 Å². The number of nitrogens with one attached hydrogen (secondary N) is 2. The quantitative estimate of drug-likeness (QED) is 0.692. The predicted molar refractivity (Wildman–Crippen MR) is 108 cm³/mol. The fourth-order valence-corrected chi connectivity index (χ4v) is 6.08. The minimum absolute atomic E-state index is 0.255. The van der Waals surface area contributed by atoms with E-state index in [1.54, 1.807) is 18.2 Å². The van der Waals surface area contributed by atoms with E-state index >= 15 is 0 Å². The topological polar surface area (TPSA) is 84.5 Å². The number of rotatable bonds is 7. The third-order valence-corrected chi connectivity index (χ3v) is 6.86. The summed E-state index contributed by atoms with van der Waals surface area (Å²) in [6.07, 6.45) is 7.80. The van der Waals surface area contributed by atoms with Gasteiger partial charge >= 0.3 is 5.97 Å². The zero-order valence-electron chi connectivity index (χ0n) is 17.0. The molecule has 6 nitrogen and oxygen atoms in total. The minimum Gasteiger partial charge on any atom is -0.454 e. The summed E-state index contributed by atoms with van der Waals surface area (Å²) in [4.78, 5) is 36.1. The van der Waals surface area contributed by atoms with Crippen LogP contribution in [0.15, 0.2) is 24.3 Å². The fraction of sp³-hybridized carbons (Fsp3) is 0.609.